The van der Waals surface area contributed by atoms with Crippen molar-refractivity contribution < 1.29 is 4.79 Å². The first-order chi connectivity index (χ1) is 7.88. The van der Waals surface area contributed by atoms with Gasteiger partial charge >= 0.3 is 0 Å². The first-order valence-electron chi connectivity index (χ1n) is 5.19. The fourth-order valence-electron chi connectivity index (χ4n) is 1.70. The fourth-order valence-corrected chi connectivity index (χ4v) is 1.70. The lowest BCUT2D eigenvalue weighted by Gasteiger charge is -2.05. The van der Waals surface area contributed by atoms with Gasteiger partial charge in [-0.2, -0.15) is 5.10 Å². The van der Waals surface area contributed by atoms with Gasteiger partial charge < -0.3 is 0 Å². The Hall–Kier alpha value is -2.04. The molecule has 16 heavy (non-hydrogen) atoms. The summed E-state index contributed by atoms with van der Waals surface area (Å²) in [6.07, 6.45) is 6.11. The molecule has 1 fully saturated rings. The van der Waals surface area contributed by atoms with E-state index in [2.05, 4.69) is 15.1 Å². The number of pyridine rings is 1. The highest BCUT2D eigenvalue weighted by Crippen LogP contribution is 2.39. The number of carbonyl (C=O) groups excluding carboxylic acids is 1. The van der Waals surface area contributed by atoms with Crippen molar-refractivity contribution in [3.63, 3.8) is 0 Å². The number of hydrogen-bond acceptors (Lipinski definition) is 4. The normalized spacial score (nSPS) is 15.0. The van der Waals surface area contributed by atoms with Crippen molar-refractivity contribution in [3.8, 4) is 5.69 Å². The van der Waals surface area contributed by atoms with Gasteiger partial charge in [0.25, 0.3) is 0 Å². The summed E-state index contributed by atoms with van der Waals surface area (Å²) in [5.74, 6) is 0.545. The average molecular weight is 214 g/mol. The highest BCUT2D eigenvalue weighted by atomic mass is 16.1. The highest BCUT2D eigenvalue weighted by molar-refractivity contribution is 5.77. The van der Waals surface area contributed by atoms with Crippen LogP contribution < -0.4 is 0 Å². The molecule has 1 aliphatic carbocycles. The van der Waals surface area contributed by atoms with Crippen molar-refractivity contribution in [2.24, 2.45) is 0 Å². The fraction of sp³-hybridized carbons (Fsp3) is 0.273. The molecule has 0 saturated heterocycles. The van der Waals surface area contributed by atoms with Crippen molar-refractivity contribution in [2.75, 3.05) is 0 Å². The van der Waals surface area contributed by atoms with Crippen LogP contribution >= 0.6 is 0 Å². The molecule has 0 N–H and O–H groups in total. The van der Waals surface area contributed by atoms with Gasteiger partial charge in [0.05, 0.1) is 5.69 Å². The highest BCUT2D eigenvalue weighted by Gasteiger charge is 2.25. The lowest BCUT2D eigenvalue weighted by molar-refractivity contribution is 0.111. The summed E-state index contributed by atoms with van der Waals surface area (Å²) in [5.41, 5.74) is 2.11. The van der Waals surface area contributed by atoms with E-state index in [0.717, 1.165) is 12.0 Å². The monoisotopic (exact) mass is 214 g/mol. The Balaban J connectivity index is 2.08. The minimum atomic E-state index is 0.426. The van der Waals surface area contributed by atoms with Crippen LogP contribution in [-0.4, -0.2) is 26.0 Å². The summed E-state index contributed by atoms with van der Waals surface area (Å²) in [5, 5.41) is 3.99. The van der Waals surface area contributed by atoms with Gasteiger partial charge in [-0.15, -0.1) is 0 Å². The van der Waals surface area contributed by atoms with Crippen LogP contribution in [0.25, 0.3) is 5.69 Å². The van der Waals surface area contributed by atoms with Crippen molar-refractivity contribution in [1.82, 2.24) is 19.7 Å². The van der Waals surface area contributed by atoms with E-state index in [4.69, 9.17) is 0 Å². The molecule has 3 rings (SSSR count). The maximum atomic E-state index is 11.0. The van der Waals surface area contributed by atoms with Gasteiger partial charge in [-0.05, 0) is 25.0 Å². The molecular formula is C11H10N4O. The molecule has 80 valence electrons. The third kappa shape index (κ3) is 1.50. The summed E-state index contributed by atoms with van der Waals surface area (Å²) in [6, 6.07) is 3.83. The predicted octanol–water partition coefficient (Wildman–Crippen LogP) is 1.35. The van der Waals surface area contributed by atoms with Crippen LogP contribution in [0.3, 0.4) is 0 Å². The van der Waals surface area contributed by atoms with E-state index >= 15 is 0 Å². The summed E-state index contributed by atoms with van der Waals surface area (Å²) in [7, 11) is 0. The van der Waals surface area contributed by atoms with E-state index in [1.165, 1.54) is 19.2 Å². The van der Waals surface area contributed by atoms with Crippen molar-refractivity contribution in [1.29, 1.82) is 0 Å². The van der Waals surface area contributed by atoms with Crippen molar-refractivity contribution in [2.45, 2.75) is 18.8 Å². The van der Waals surface area contributed by atoms with E-state index in [0.29, 0.717) is 17.3 Å². The molecular weight excluding hydrogens is 204 g/mol. The van der Waals surface area contributed by atoms with Gasteiger partial charge in [0.15, 0.2) is 6.29 Å². The Labute approximate surface area is 92.2 Å². The second-order valence-corrected chi connectivity index (χ2v) is 3.87. The number of aromatic nitrogens is 4. The van der Waals surface area contributed by atoms with Crippen LogP contribution in [0.4, 0.5) is 0 Å². The minimum absolute atomic E-state index is 0.426. The third-order valence-electron chi connectivity index (χ3n) is 2.70. The van der Waals surface area contributed by atoms with Crippen LogP contribution in [0.15, 0.2) is 24.8 Å². The zero-order chi connectivity index (χ0) is 11.0. The standard InChI is InChI=1S/C11H10N4O/c16-5-10-11(15-7-12-6-13-15)4-3-9(14-10)8-1-2-8/h3-8H,1-2H2. The third-order valence-corrected chi connectivity index (χ3v) is 2.70. The van der Waals surface area contributed by atoms with Crippen LogP contribution in [0.5, 0.6) is 0 Å². The van der Waals surface area contributed by atoms with Gasteiger partial charge in [0, 0.05) is 11.6 Å². The van der Waals surface area contributed by atoms with Crippen LogP contribution in [0, 0.1) is 0 Å². The summed E-state index contributed by atoms with van der Waals surface area (Å²) >= 11 is 0. The molecule has 2 heterocycles. The topological polar surface area (TPSA) is 60.7 Å². The smallest absolute Gasteiger partial charge is 0.170 e. The molecule has 0 atom stereocenters. The van der Waals surface area contributed by atoms with E-state index in [1.807, 2.05) is 12.1 Å². The van der Waals surface area contributed by atoms with Gasteiger partial charge in [-0.1, -0.05) is 0 Å². The molecule has 1 aliphatic rings. The summed E-state index contributed by atoms with van der Waals surface area (Å²) in [4.78, 5) is 19.2. The zero-order valence-electron chi connectivity index (χ0n) is 8.58. The van der Waals surface area contributed by atoms with Gasteiger partial charge in [-0.3, -0.25) is 4.79 Å². The average Bonchev–Trinajstić information content (AvgIpc) is 3.04. The molecule has 0 aromatic carbocycles. The largest absolute Gasteiger partial charge is 0.296 e. The molecule has 5 heteroatoms. The lowest BCUT2D eigenvalue weighted by Crippen LogP contribution is -2.03. The molecule has 2 aromatic heterocycles. The second kappa shape index (κ2) is 3.52. The Morgan fingerprint density at radius 1 is 1.38 bits per heavy atom. The number of carbonyl (C=O) groups is 1. The first kappa shape index (κ1) is 9.21. The number of hydrogen-bond donors (Lipinski definition) is 0. The Morgan fingerprint density at radius 3 is 2.88 bits per heavy atom. The maximum Gasteiger partial charge on any atom is 0.170 e. The van der Waals surface area contributed by atoms with Gasteiger partial charge in [0.2, 0.25) is 0 Å². The first-order valence-corrected chi connectivity index (χ1v) is 5.19. The predicted molar refractivity (Wildman–Crippen MR) is 56.5 cm³/mol. The van der Waals surface area contributed by atoms with Crippen LogP contribution in [-0.2, 0) is 0 Å². The maximum absolute atomic E-state index is 11.0. The van der Waals surface area contributed by atoms with E-state index in [-0.39, 0.29) is 0 Å². The lowest BCUT2D eigenvalue weighted by atomic mass is 10.2. The quantitative estimate of drug-likeness (QED) is 0.723. The molecule has 0 bridgehead atoms. The summed E-state index contributed by atoms with van der Waals surface area (Å²) in [6.45, 7) is 0. The van der Waals surface area contributed by atoms with Crippen molar-refractivity contribution in [3.05, 3.63) is 36.2 Å². The molecule has 0 spiro atoms. The molecule has 0 amide bonds. The number of rotatable bonds is 3. The van der Waals surface area contributed by atoms with Crippen molar-refractivity contribution >= 4 is 6.29 Å². The summed E-state index contributed by atoms with van der Waals surface area (Å²) < 4.78 is 1.55. The van der Waals surface area contributed by atoms with E-state index in [1.54, 1.807) is 11.0 Å². The Kier molecular flexibility index (Phi) is 2.02. The van der Waals surface area contributed by atoms with Gasteiger partial charge in [0.1, 0.15) is 18.3 Å². The molecule has 5 nitrogen and oxygen atoms in total. The van der Waals surface area contributed by atoms with E-state index < -0.39 is 0 Å². The Morgan fingerprint density at radius 2 is 2.25 bits per heavy atom. The molecule has 2 aromatic rings. The number of aldehydes is 1. The van der Waals surface area contributed by atoms with E-state index in [9.17, 15) is 4.79 Å². The molecule has 1 saturated carbocycles. The van der Waals surface area contributed by atoms with Crippen LogP contribution in [0.2, 0.25) is 0 Å². The number of nitrogens with zero attached hydrogens (tertiary/aromatic N) is 4. The minimum Gasteiger partial charge on any atom is -0.296 e. The molecule has 0 radical (unpaired) electrons. The molecule has 0 aliphatic heterocycles. The zero-order valence-corrected chi connectivity index (χ0v) is 8.58. The van der Waals surface area contributed by atoms with Gasteiger partial charge in [-0.25, -0.2) is 14.6 Å². The SMILES string of the molecule is O=Cc1nc(C2CC2)ccc1-n1cncn1. The van der Waals surface area contributed by atoms with Crippen LogP contribution in [0.1, 0.15) is 34.9 Å². The molecule has 0 unspecified atom stereocenters. The Bertz CT molecular complexity index is 517. The second-order valence-electron chi connectivity index (χ2n) is 3.87.